The highest BCUT2D eigenvalue weighted by atomic mass is 35.5. The van der Waals surface area contributed by atoms with Crippen molar-refractivity contribution in [2.45, 2.75) is 32.9 Å². The van der Waals surface area contributed by atoms with Gasteiger partial charge in [-0.1, -0.05) is 23.2 Å². The summed E-state index contributed by atoms with van der Waals surface area (Å²) in [5, 5.41) is 3.20. The van der Waals surface area contributed by atoms with E-state index in [4.69, 9.17) is 27.9 Å². The van der Waals surface area contributed by atoms with Crippen molar-refractivity contribution in [3.63, 3.8) is 0 Å². The number of carbonyl (C=O) groups is 1. The van der Waals surface area contributed by atoms with Crippen LogP contribution in [-0.2, 0) is 14.8 Å². The van der Waals surface area contributed by atoms with E-state index >= 15 is 0 Å². The number of nitrogens with one attached hydrogen (secondary N) is 1. The van der Waals surface area contributed by atoms with E-state index in [1.807, 2.05) is 13.8 Å². The van der Waals surface area contributed by atoms with E-state index in [-0.39, 0.29) is 16.8 Å². The quantitative estimate of drug-likeness (QED) is 0.677. The Morgan fingerprint density at radius 1 is 1.04 bits per heavy atom. The van der Waals surface area contributed by atoms with Crippen LogP contribution >= 0.6 is 23.2 Å². The number of hydrogen-bond acceptors (Lipinski definition) is 4. The molecule has 0 saturated heterocycles. The molecular weight excluding hydrogens is 423 g/mol. The van der Waals surface area contributed by atoms with E-state index in [1.165, 1.54) is 25.1 Å². The van der Waals surface area contributed by atoms with Crippen molar-refractivity contribution >= 4 is 50.5 Å². The second kappa shape index (κ2) is 9.03. The zero-order valence-corrected chi connectivity index (χ0v) is 18.3. The van der Waals surface area contributed by atoms with Gasteiger partial charge in [-0.05, 0) is 63.2 Å². The van der Waals surface area contributed by atoms with Crippen LogP contribution in [0.4, 0.5) is 11.4 Å². The predicted molar refractivity (Wildman–Crippen MR) is 114 cm³/mol. The fourth-order valence-electron chi connectivity index (χ4n) is 2.57. The van der Waals surface area contributed by atoms with Crippen molar-refractivity contribution in [2.24, 2.45) is 0 Å². The van der Waals surface area contributed by atoms with Crippen molar-refractivity contribution < 1.29 is 17.9 Å². The Hall–Kier alpha value is -1.96. The summed E-state index contributed by atoms with van der Waals surface area (Å²) in [6.45, 7) is 5.33. The summed E-state index contributed by atoms with van der Waals surface area (Å²) in [5.41, 5.74) is 0.774. The number of amides is 1. The van der Waals surface area contributed by atoms with Gasteiger partial charge in [-0.2, -0.15) is 0 Å². The lowest BCUT2D eigenvalue weighted by atomic mass is 10.2. The molecule has 0 aromatic heterocycles. The van der Waals surface area contributed by atoms with Gasteiger partial charge in [-0.3, -0.25) is 9.10 Å². The van der Waals surface area contributed by atoms with Crippen LogP contribution in [-0.4, -0.2) is 32.7 Å². The van der Waals surface area contributed by atoms with Crippen molar-refractivity contribution in [1.29, 1.82) is 0 Å². The number of anilines is 2. The molecule has 152 valence electrons. The van der Waals surface area contributed by atoms with Crippen LogP contribution in [0, 0.1) is 0 Å². The lowest BCUT2D eigenvalue weighted by molar-refractivity contribution is -0.116. The van der Waals surface area contributed by atoms with E-state index in [0.717, 1.165) is 10.6 Å². The molecule has 0 radical (unpaired) electrons. The van der Waals surface area contributed by atoms with Crippen molar-refractivity contribution in [3.8, 4) is 5.75 Å². The Morgan fingerprint density at radius 3 is 2.14 bits per heavy atom. The molecule has 6 nitrogen and oxygen atoms in total. The molecule has 1 atom stereocenters. The molecule has 2 aromatic carbocycles. The average Bonchev–Trinajstić information content (AvgIpc) is 2.58. The molecule has 0 heterocycles. The van der Waals surface area contributed by atoms with E-state index in [1.54, 1.807) is 24.3 Å². The van der Waals surface area contributed by atoms with Crippen molar-refractivity contribution in [1.82, 2.24) is 0 Å². The van der Waals surface area contributed by atoms with Crippen LogP contribution in [0.3, 0.4) is 0 Å². The molecule has 2 rings (SSSR count). The zero-order valence-electron chi connectivity index (χ0n) is 15.9. The van der Waals surface area contributed by atoms with Crippen molar-refractivity contribution in [2.75, 3.05) is 15.9 Å². The first-order chi connectivity index (χ1) is 13.0. The monoisotopic (exact) mass is 444 g/mol. The van der Waals surface area contributed by atoms with Gasteiger partial charge in [0, 0.05) is 5.69 Å². The summed E-state index contributed by atoms with van der Waals surface area (Å²) < 4.78 is 31.2. The van der Waals surface area contributed by atoms with Crippen LogP contribution in [0.1, 0.15) is 20.8 Å². The van der Waals surface area contributed by atoms with Crippen LogP contribution in [0.15, 0.2) is 42.5 Å². The fourth-order valence-corrected chi connectivity index (χ4v) is 4.03. The first-order valence-electron chi connectivity index (χ1n) is 8.51. The molecule has 2 aromatic rings. The lowest BCUT2D eigenvalue weighted by Crippen LogP contribution is -2.45. The number of benzene rings is 2. The summed E-state index contributed by atoms with van der Waals surface area (Å²) >= 11 is 11.9. The maximum absolute atomic E-state index is 12.7. The molecule has 9 heteroatoms. The third-order valence-corrected chi connectivity index (χ3v) is 5.72. The first kappa shape index (κ1) is 22.3. The number of hydrogen-bond donors (Lipinski definition) is 1. The smallest absolute Gasteiger partial charge is 0.247 e. The number of nitrogens with zero attached hydrogens (tertiary/aromatic N) is 1. The van der Waals surface area contributed by atoms with Gasteiger partial charge in [0.2, 0.25) is 15.9 Å². The minimum absolute atomic E-state index is 0.0370. The maximum Gasteiger partial charge on any atom is 0.247 e. The molecule has 0 fully saturated rings. The minimum atomic E-state index is -3.75. The molecule has 0 bridgehead atoms. The van der Waals surface area contributed by atoms with Gasteiger partial charge in [0.25, 0.3) is 0 Å². The lowest BCUT2D eigenvalue weighted by Gasteiger charge is -2.28. The van der Waals surface area contributed by atoms with Crippen LogP contribution < -0.4 is 14.4 Å². The van der Waals surface area contributed by atoms with E-state index in [0.29, 0.717) is 16.5 Å². The predicted octanol–water partition coefficient (Wildman–Crippen LogP) is 4.57. The second-order valence-electron chi connectivity index (χ2n) is 6.51. The molecular formula is C19H22Cl2N2O4S. The van der Waals surface area contributed by atoms with Gasteiger partial charge >= 0.3 is 0 Å². The zero-order chi connectivity index (χ0) is 21.1. The largest absolute Gasteiger partial charge is 0.491 e. The molecule has 0 aliphatic rings. The molecule has 28 heavy (non-hydrogen) atoms. The highest BCUT2D eigenvalue weighted by Gasteiger charge is 2.29. The summed E-state index contributed by atoms with van der Waals surface area (Å²) in [4.78, 5) is 12.7. The van der Waals surface area contributed by atoms with Crippen molar-refractivity contribution in [3.05, 3.63) is 52.5 Å². The van der Waals surface area contributed by atoms with Gasteiger partial charge in [0.05, 0.1) is 28.1 Å². The number of ether oxygens (including phenoxy) is 1. The standard InChI is InChI=1S/C19H22Cl2N2O4S/c1-12(2)27-16-8-5-14(6-9-16)22-19(24)13(3)23(28(4,25)26)15-7-10-17(20)18(21)11-15/h5-13H,1-4H3,(H,22,24)/t13-/m1/s1. The van der Waals surface area contributed by atoms with E-state index in [2.05, 4.69) is 5.32 Å². The van der Waals surface area contributed by atoms with Gasteiger partial charge in [0.1, 0.15) is 11.8 Å². The molecule has 1 amide bonds. The highest BCUT2D eigenvalue weighted by molar-refractivity contribution is 7.92. The minimum Gasteiger partial charge on any atom is -0.491 e. The van der Waals surface area contributed by atoms with Gasteiger partial charge in [-0.25, -0.2) is 8.42 Å². The highest BCUT2D eigenvalue weighted by Crippen LogP contribution is 2.30. The van der Waals surface area contributed by atoms with Crippen LogP contribution in [0.25, 0.3) is 0 Å². The Kier molecular flexibility index (Phi) is 7.20. The molecule has 0 unspecified atom stereocenters. The average molecular weight is 445 g/mol. The Morgan fingerprint density at radius 2 is 1.64 bits per heavy atom. The normalized spacial score (nSPS) is 12.5. The topological polar surface area (TPSA) is 75.7 Å². The Balaban J connectivity index is 2.23. The SMILES string of the molecule is CC(C)Oc1ccc(NC(=O)[C@@H](C)N(c2ccc(Cl)c(Cl)c2)S(C)(=O)=O)cc1. The molecule has 0 saturated carbocycles. The number of halogens is 2. The van der Waals surface area contributed by atoms with Gasteiger partial charge < -0.3 is 10.1 Å². The van der Waals surface area contributed by atoms with Gasteiger partial charge in [0.15, 0.2) is 0 Å². The summed E-state index contributed by atoms with van der Waals surface area (Å²) in [6.07, 6.45) is 1.06. The fraction of sp³-hybridized carbons (Fsp3) is 0.316. The summed E-state index contributed by atoms with van der Waals surface area (Å²) in [6, 6.07) is 10.2. The molecule has 0 aliphatic heterocycles. The first-order valence-corrected chi connectivity index (χ1v) is 11.1. The van der Waals surface area contributed by atoms with E-state index in [9.17, 15) is 13.2 Å². The Bertz CT molecular complexity index is 947. The number of rotatable bonds is 7. The number of sulfonamides is 1. The maximum atomic E-state index is 12.7. The number of carbonyl (C=O) groups excluding carboxylic acids is 1. The summed E-state index contributed by atoms with van der Waals surface area (Å²) in [5.74, 6) is 0.184. The third kappa shape index (κ3) is 5.77. The van der Waals surface area contributed by atoms with Crippen LogP contribution in [0.2, 0.25) is 10.0 Å². The van der Waals surface area contributed by atoms with Gasteiger partial charge in [-0.15, -0.1) is 0 Å². The molecule has 0 spiro atoms. The molecule has 1 N–H and O–H groups in total. The molecule has 0 aliphatic carbocycles. The Labute approximate surface area is 175 Å². The van der Waals surface area contributed by atoms with E-state index < -0.39 is 22.0 Å². The summed E-state index contributed by atoms with van der Waals surface area (Å²) in [7, 11) is -3.75. The van der Waals surface area contributed by atoms with Crippen LogP contribution in [0.5, 0.6) is 5.75 Å². The third-order valence-electron chi connectivity index (χ3n) is 3.74. The second-order valence-corrected chi connectivity index (χ2v) is 9.19.